The number of aromatic nitrogens is 1. The van der Waals surface area contributed by atoms with E-state index in [1.54, 1.807) is 38.0 Å². The maximum atomic E-state index is 15.3. The average molecular weight is 931 g/mol. The normalized spacial score (nSPS) is 18.6. The van der Waals surface area contributed by atoms with Crippen LogP contribution >= 0.6 is 0 Å². The molecule has 0 saturated carbocycles. The summed E-state index contributed by atoms with van der Waals surface area (Å²) in [7, 11) is -5.42. The van der Waals surface area contributed by atoms with Crippen molar-refractivity contribution in [1.82, 2.24) is 18.7 Å². The summed E-state index contributed by atoms with van der Waals surface area (Å²) in [5.41, 5.74) is 1.87. The molecule has 4 aromatic carbocycles. The highest BCUT2D eigenvalue weighted by atomic mass is 32.2. The van der Waals surface area contributed by atoms with Crippen LogP contribution in [0.25, 0.3) is 0 Å². The van der Waals surface area contributed by atoms with Gasteiger partial charge in [-0.05, 0) is 83.6 Å². The molecule has 2 aliphatic heterocycles. The average Bonchev–Trinajstić information content (AvgIpc) is 3.63. The number of nitrogens with zero attached hydrogens (tertiary/aromatic N) is 4. The van der Waals surface area contributed by atoms with Crippen LogP contribution < -0.4 is 10.4 Å². The fourth-order valence-corrected chi connectivity index (χ4v) is 13.4. The van der Waals surface area contributed by atoms with Crippen LogP contribution in [0.1, 0.15) is 70.9 Å². The van der Waals surface area contributed by atoms with Gasteiger partial charge in [0, 0.05) is 69.9 Å². The third-order valence-corrected chi connectivity index (χ3v) is 17.0. The van der Waals surface area contributed by atoms with E-state index in [1.165, 1.54) is 0 Å². The molecule has 0 N–H and O–H groups in total. The Kier molecular flexibility index (Phi) is 14.9. The minimum absolute atomic E-state index is 0.0447. The number of morpholine rings is 1. The standard InChI is InChI=1S/C50H61F3N4O6SSi/c1-35-18-21-38(30-45(35)49(4,5)6)47(63-65(43-14-10-8-11-15-43)44-16-12-9-13-17-44)46-33-54(22-23-55-26-27-62-41(32-55)34-61-7)24-25-56(46)48(58)39-28-40(50(51,52)53)31-42(29-39)64(59,60)57-36(2)19-20-37(57)3/h8-21,28-31,41,46-47,65H,22-27,32-34H2,1-7H3/t41-,46+,47?/m0/s1. The monoisotopic (exact) mass is 930 g/mol. The predicted octanol–water partition coefficient (Wildman–Crippen LogP) is 6.74. The molecule has 0 spiro atoms. The molecular weight excluding hydrogens is 870 g/mol. The third kappa shape index (κ3) is 11.2. The molecule has 2 aliphatic rings. The first kappa shape index (κ1) is 48.3. The van der Waals surface area contributed by atoms with Crippen molar-refractivity contribution in [2.75, 3.05) is 66.1 Å². The molecule has 65 heavy (non-hydrogen) atoms. The molecular formula is C50H61F3N4O6SSi. The topological polar surface area (TPSA) is 93.6 Å². The van der Waals surface area contributed by atoms with E-state index >= 15 is 4.79 Å². The summed E-state index contributed by atoms with van der Waals surface area (Å²) in [6.07, 6.45) is -5.73. The highest BCUT2D eigenvalue weighted by Gasteiger charge is 2.42. The van der Waals surface area contributed by atoms with Gasteiger partial charge in [0.1, 0.15) is 0 Å². The minimum Gasteiger partial charge on any atom is -0.402 e. The van der Waals surface area contributed by atoms with Crippen LogP contribution in [-0.2, 0) is 35.5 Å². The largest absolute Gasteiger partial charge is 0.416 e. The van der Waals surface area contributed by atoms with Gasteiger partial charge < -0.3 is 18.8 Å². The molecule has 0 bridgehead atoms. The molecule has 1 aromatic heterocycles. The van der Waals surface area contributed by atoms with Gasteiger partial charge in [0.25, 0.3) is 15.9 Å². The number of halogens is 3. The predicted molar refractivity (Wildman–Crippen MR) is 250 cm³/mol. The van der Waals surface area contributed by atoms with Gasteiger partial charge in [0.2, 0.25) is 9.04 Å². The lowest BCUT2D eigenvalue weighted by atomic mass is 9.82. The van der Waals surface area contributed by atoms with Gasteiger partial charge in [-0.2, -0.15) is 13.2 Å². The van der Waals surface area contributed by atoms with Crippen LogP contribution in [0.15, 0.2) is 114 Å². The third-order valence-electron chi connectivity index (χ3n) is 12.5. The Morgan fingerprint density at radius 1 is 0.800 bits per heavy atom. The molecule has 0 aliphatic carbocycles. The summed E-state index contributed by atoms with van der Waals surface area (Å²) in [5.74, 6) is -0.705. The first-order valence-electron chi connectivity index (χ1n) is 22.2. The summed E-state index contributed by atoms with van der Waals surface area (Å²) >= 11 is 0. The molecule has 3 heterocycles. The molecule has 2 saturated heterocycles. The molecule has 348 valence electrons. The lowest BCUT2D eigenvalue weighted by Crippen LogP contribution is -2.60. The zero-order chi connectivity index (χ0) is 46.7. The van der Waals surface area contributed by atoms with Crippen molar-refractivity contribution in [2.24, 2.45) is 0 Å². The van der Waals surface area contributed by atoms with Gasteiger partial charge in [-0.3, -0.25) is 14.6 Å². The molecule has 7 rings (SSSR count). The number of carbonyl (C=O) groups is 1. The van der Waals surface area contributed by atoms with Crippen molar-refractivity contribution >= 4 is 35.3 Å². The number of benzene rings is 4. The highest BCUT2D eigenvalue weighted by molar-refractivity contribution is 7.90. The van der Waals surface area contributed by atoms with Crippen molar-refractivity contribution < 1.29 is 40.3 Å². The van der Waals surface area contributed by atoms with Crippen LogP contribution in [0.2, 0.25) is 0 Å². The van der Waals surface area contributed by atoms with E-state index < -0.39 is 53.8 Å². The fraction of sp³-hybridized carbons (Fsp3) is 0.420. The van der Waals surface area contributed by atoms with E-state index in [0.717, 1.165) is 56.3 Å². The second-order valence-electron chi connectivity index (χ2n) is 18.3. The van der Waals surface area contributed by atoms with E-state index in [4.69, 9.17) is 13.9 Å². The lowest BCUT2D eigenvalue weighted by molar-refractivity contribution is -0.137. The Morgan fingerprint density at radius 2 is 1.42 bits per heavy atom. The Hall–Kier alpha value is -4.61. The van der Waals surface area contributed by atoms with Crippen LogP contribution in [-0.4, -0.2) is 120 Å². The lowest BCUT2D eigenvalue weighted by Gasteiger charge is -2.46. The molecule has 1 amide bonds. The Bertz CT molecular complexity index is 2470. The second kappa shape index (κ2) is 20.1. The van der Waals surface area contributed by atoms with Crippen LogP contribution in [0, 0.1) is 20.8 Å². The van der Waals surface area contributed by atoms with Crippen molar-refractivity contribution in [3.8, 4) is 0 Å². The number of methoxy groups -OCH3 is 1. The summed E-state index contributed by atoms with van der Waals surface area (Å²) in [6.45, 7) is 16.5. The van der Waals surface area contributed by atoms with Crippen LogP contribution in [0.4, 0.5) is 13.2 Å². The van der Waals surface area contributed by atoms with Crippen LogP contribution in [0.5, 0.6) is 0 Å². The number of hydrogen-bond donors (Lipinski definition) is 0. The number of ether oxygens (including phenoxy) is 2. The number of aryl methyl sites for hydroxylation is 3. The maximum absolute atomic E-state index is 15.3. The SMILES string of the molecule is COC[C@@H]1CN(CCN2CCN(C(=O)c3cc(C(F)(F)F)cc(S(=O)(=O)n4c(C)ccc4C)c3)[C@@H](C(O[SiH](c3ccccc3)c3ccccc3)c3ccc(C)c(C(C)(C)C)c3)C2)CCO1. The first-order chi connectivity index (χ1) is 30.8. The number of carbonyl (C=O) groups excluding carboxylic acids is 1. The zero-order valence-electron chi connectivity index (χ0n) is 38.3. The summed E-state index contributed by atoms with van der Waals surface area (Å²) < 4.78 is 92.6. The molecule has 15 heteroatoms. The van der Waals surface area contributed by atoms with E-state index in [9.17, 15) is 21.6 Å². The summed E-state index contributed by atoms with van der Waals surface area (Å²) in [6, 6.07) is 31.3. The Labute approximate surface area is 383 Å². The van der Waals surface area contributed by atoms with Crippen molar-refractivity contribution in [3.63, 3.8) is 0 Å². The first-order valence-corrected chi connectivity index (χ1v) is 25.3. The number of amides is 1. The summed E-state index contributed by atoms with van der Waals surface area (Å²) in [5, 5.41) is 2.05. The highest BCUT2D eigenvalue weighted by Crippen LogP contribution is 2.37. The van der Waals surface area contributed by atoms with E-state index in [1.807, 2.05) is 42.5 Å². The second-order valence-corrected chi connectivity index (χ2v) is 22.5. The van der Waals surface area contributed by atoms with Gasteiger partial charge in [0.05, 0.1) is 41.9 Å². The Balaban J connectivity index is 1.36. The Morgan fingerprint density at radius 3 is 2.00 bits per heavy atom. The maximum Gasteiger partial charge on any atom is 0.416 e. The van der Waals surface area contributed by atoms with E-state index in [-0.39, 0.29) is 23.6 Å². The van der Waals surface area contributed by atoms with Gasteiger partial charge >= 0.3 is 6.18 Å². The number of hydrogen-bond acceptors (Lipinski definition) is 8. The smallest absolute Gasteiger partial charge is 0.402 e. The number of piperazine rings is 1. The molecule has 0 radical (unpaired) electrons. The number of rotatable bonds is 14. The zero-order valence-corrected chi connectivity index (χ0v) is 40.3. The van der Waals surface area contributed by atoms with Gasteiger partial charge in [-0.25, -0.2) is 12.4 Å². The van der Waals surface area contributed by atoms with Gasteiger partial charge in [-0.1, -0.05) is 99.6 Å². The quantitative estimate of drug-likeness (QED) is 0.113. The molecule has 3 atom stereocenters. The van der Waals surface area contributed by atoms with Crippen LogP contribution in [0.3, 0.4) is 0 Å². The van der Waals surface area contributed by atoms with E-state index in [2.05, 4.69) is 73.9 Å². The molecule has 10 nitrogen and oxygen atoms in total. The summed E-state index contributed by atoms with van der Waals surface area (Å²) in [4.78, 5) is 20.9. The molecule has 1 unspecified atom stereocenters. The fourth-order valence-electron chi connectivity index (χ4n) is 9.24. The van der Waals surface area contributed by atoms with Gasteiger partial charge in [0.15, 0.2) is 0 Å². The van der Waals surface area contributed by atoms with E-state index in [0.29, 0.717) is 56.8 Å². The number of alkyl halides is 3. The minimum atomic E-state index is -4.94. The van der Waals surface area contributed by atoms with Gasteiger partial charge in [-0.15, -0.1) is 0 Å². The van der Waals surface area contributed by atoms with Crippen molar-refractivity contribution in [2.45, 2.75) is 76.3 Å². The molecule has 5 aromatic rings. The molecule has 2 fully saturated rings. The van der Waals surface area contributed by atoms with Crippen molar-refractivity contribution in [1.29, 1.82) is 0 Å². The van der Waals surface area contributed by atoms with Crippen molar-refractivity contribution in [3.05, 3.63) is 148 Å².